The molecule has 2 rings (SSSR count). The summed E-state index contributed by atoms with van der Waals surface area (Å²) in [4.78, 5) is 10.9. The van der Waals surface area contributed by atoms with Crippen molar-refractivity contribution < 1.29 is 14.3 Å². The fraction of sp³-hybridized carbons (Fsp3) is 0.100. The van der Waals surface area contributed by atoms with Gasteiger partial charge in [0.25, 0.3) is 5.91 Å². The highest BCUT2D eigenvalue weighted by Crippen LogP contribution is 2.20. The summed E-state index contributed by atoms with van der Waals surface area (Å²) in [6, 6.07) is 5.39. The number of hydrogen-bond acceptors (Lipinski definition) is 2. The van der Waals surface area contributed by atoms with E-state index in [2.05, 4.69) is 5.32 Å². The first-order valence-electron chi connectivity index (χ1n) is 4.14. The van der Waals surface area contributed by atoms with Crippen LogP contribution in [0.4, 0.5) is 4.39 Å². The largest absolute Gasteiger partial charge is 0.503 e. The minimum absolute atomic E-state index is 0.292. The second-order valence-corrected chi connectivity index (χ2v) is 3.05. The van der Waals surface area contributed by atoms with Crippen LogP contribution in [-0.4, -0.2) is 11.0 Å². The van der Waals surface area contributed by atoms with Crippen LogP contribution >= 0.6 is 0 Å². The van der Waals surface area contributed by atoms with Crippen LogP contribution in [0.3, 0.4) is 0 Å². The molecule has 0 aromatic heterocycles. The lowest BCUT2D eigenvalue weighted by atomic mass is 10.1. The molecule has 72 valence electrons. The van der Waals surface area contributed by atoms with Gasteiger partial charge in [0, 0.05) is 0 Å². The van der Waals surface area contributed by atoms with E-state index in [0.717, 1.165) is 5.56 Å². The molecular formula is C10H8FNO2. The van der Waals surface area contributed by atoms with Crippen molar-refractivity contribution in [3.63, 3.8) is 0 Å². The van der Waals surface area contributed by atoms with E-state index in [9.17, 15) is 9.18 Å². The monoisotopic (exact) mass is 193 g/mol. The van der Waals surface area contributed by atoms with Gasteiger partial charge in [-0.25, -0.2) is 4.39 Å². The Balaban J connectivity index is 2.26. The van der Waals surface area contributed by atoms with Crippen molar-refractivity contribution >= 4 is 5.91 Å². The number of benzene rings is 1. The molecule has 1 aliphatic heterocycles. The molecule has 0 radical (unpaired) electrons. The van der Waals surface area contributed by atoms with Crippen LogP contribution in [0.5, 0.6) is 0 Å². The number of aliphatic hydroxyl groups excluding tert-OH is 1. The number of carbonyl (C=O) groups excluding carboxylic acids is 1. The Hall–Kier alpha value is -1.84. The Morgan fingerprint density at radius 3 is 2.43 bits per heavy atom. The molecular weight excluding hydrogens is 185 g/mol. The summed E-state index contributed by atoms with van der Waals surface area (Å²) in [5, 5.41) is 11.6. The molecule has 1 aliphatic rings. The molecule has 1 atom stereocenters. The highest BCUT2D eigenvalue weighted by Gasteiger charge is 2.23. The van der Waals surface area contributed by atoms with Gasteiger partial charge in [-0.1, -0.05) is 12.1 Å². The number of rotatable bonds is 1. The molecule has 0 aliphatic carbocycles. The molecule has 3 nitrogen and oxygen atoms in total. The highest BCUT2D eigenvalue weighted by atomic mass is 19.1. The van der Waals surface area contributed by atoms with Gasteiger partial charge in [-0.3, -0.25) is 4.79 Å². The number of hydrogen-bond donors (Lipinski definition) is 2. The molecule has 2 N–H and O–H groups in total. The van der Waals surface area contributed by atoms with Crippen LogP contribution in [0.2, 0.25) is 0 Å². The van der Waals surface area contributed by atoms with Gasteiger partial charge in [0.2, 0.25) is 0 Å². The minimum Gasteiger partial charge on any atom is -0.503 e. The van der Waals surface area contributed by atoms with Crippen molar-refractivity contribution in [1.29, 1.82) is 0 Å². The molecule has 0 saturated heterocycles. The zero-order valence-electron chi connectivity index (χ0n) is 7.20. The van der Waals surface area contributed by atoms with E-state index in [1.165, 1.54) is 18.2 Å². The Kier molecular flexibility index (Phi) is 1.96. The van der Waals surface area contributed by atoms with Crippen LogP contribution in [0.15, 0.2) is 36.1 Å². The second-order valence-electron chi connectivity index (χ2n) is 3.05. The summed E-state index contributed by atoms with van der Waals surface area (Å²) >= 11 is 0. The third-order valence-corrected chi connectivity index (χ3v) is 2.07. The van der Waals surface area contributed by atoms with Gasteiger partial charge in [-0.15, -0.1) is 0 Å². The van der Waals surface area contributed by atoms with Gasteiger partial charge in [0.05, 0.1) is 6.04 Å². The normalized spacial score (nSPS) is 20.5. The molecule has 0 fully saturated rings. The topological polar surface area (TPSA) is 49.3 Å². The molecule has 0 saturated carbocycles. The maximum Gasteiger partial charge on any atom is 0.286 e. The zero-order chi connectivity index (χ0) is 10.1. The number of nitrogens with one attached hydrogen (secondary N) is 1. The number of halogens is 1. The average Bonchev–Trinajstić information content (AvgIpc) is 2.48. The van der Waals surface area contributed by atoms with E-state index >= 15 is 0 Å². The third-order valence-electron chi connectivity index (χ3n) is 2.07. The van der Waals surface area contributed by atoms with Crippen molar-refractivity contribution in [1.82, 2.24) is 5.32 Å². The van der Waals surface area contributed by atoms with Gasteiger partial charge in [0.15, 0.2) is 5.76 Å². The fourth-order valence-corrected chi connectivity index (χ4v) is 1.34. The Morgan fingerprint density at radius 2 is 1.93 bits per heavy atom. The van der Waals surface area contributed by atoms with Crippen LogP contribution in [-0.2, 0) is 4.79 Å². The lowest BCUT2D eigenvalue weighted by Gasteiger charge is -2.07. The van der Waals surface area contributed by atoms with Crippen molar-refractivity contribution in [3.8, 4) is 0 Å². The Bertz CT molecular complexity index is 397. The Morgan fingerprint density at radius 1 is 1.29 bits per heavy atom. The maximum absolute atomic E-state index is 12.6. The van der Waals surface area contributed by atoms with Crippen LogP contribution in [0, 0.1) is 5.82 Å². The van der Waals surface area contributed by atoms with E-state index in [1.807, 2.05) is 0 Å². The molecule has 1 aromatic rings. The van der Waals surface area contributed by atoms with Crippen LogP contribution in [0.1, 0.15) is 11.6 Å². The summed E-state index contributed by atoms with van der Waals surface area (Å²) in [5.74, 6) is -1.12. The SMILES string of the molecule is O=C1NC(c2ccc(F)cc2)C=C1O. The average molecular weight is 193 g/mol. The van der Waals surface area contributed by atoms with E-state index in [1.54, 1.807) is 12.1 Å². The Labute approximate surface area is 79.9 Å². The third kappa shape index (κ3) is 1.46. The van der Waals surface area contributed by atoms with E-state index < -0.39 is 5.91 Å². The molecule has 0 bridgehead atoms. The summed E-state index contributed by atoms with van der Waals surface area (Å²) in [5.41, 5.74) is 0.740. The van der Waals surface area contributed by atoms with E-state index in [-0.39, 0.29) is 17.6 Å². The predicted molar refractivity (Wildman–Crippen MR) is 48.0 cm³/mol. The quantitative estimate of drug-likeness (QED) is 0.709. The lowest BCUT2D eigenvalue weighted by Crippen LogP contribution is -2.21. The number of aliphatic hydroxyl groups is 1. The smallest absolute Gasteiger partial charge is 0.286 e. The summed E-state index contributed by atoms with van der Waals surface area (Å²) in [7, 11) is 0. The van der Waals surface area contributed by atoms with Crippen molar-refractivity contribution in [2.75, 3.05) is 0 Å². The van der Waals surface area contributed by atoms with Crippen molar-refractivity contribution in [2.24, 2.45) is 0 Å². The first-order valence-corrected chi connectivity index (χ1v) is 4.14. The standard InChI is InChI=1S/C10H8FNO2/c11-7-3-1-6(2-4-7)8-5-9(13)10(14)12-8/h1-5,8,13H,(H,12,14). The minimum atomic E-state index is -0.501. The lowest BCUT2D eigenvalue weighted by molar-refractivity contribution is -0.119. The van der Waals surface area contributed by atoms with Crippen LogP contribution < -0.4 is 5.32 Å². The van der Waals surface area contributed by atoms with Gasteiger partial charge >= 0.3 is 0 Å². The van der Waals surface area contributed by atoms with Gasteiger partial charge < -0.3 is 10.4 Å². The summed E-state index contributed by atoms with van der Waals surface area (Å²) in [6.07, 6.45) is 1.40. The van der Waals surface area contributed by atoms with Gasteiger partial charge in [0.1, 0.15) is 5.82 Å². The van der Waals surface area contributed by atoms with Crippen molar-refractivity contribution in [2.45, 2.75) is 6.04 Å². The van der Waals surface area contributed by atoms with Crippen LogP contribution in [0.25, 0.3) is 0 Å². The molecule has 0 spiro atoms. The van der Waals surface area contributed by atoms with E-state index in [4.69, 9.17) is 5.11 Å². The molecule has 4 heteroatoms. The fourth-order valence-electron chi connectivity index (χ4n) is 1.34. The maximum atomic E-state index is 12.6. The summed E-state index contributed by atoms with van der Waals surface area (Å²) in [6.45, 7) is 0. The number of carbonyl (C=O) groups is 1. The van der Waals surface area contributed by atoms with Crippen molar-refractivity contribution in [3.05, 3.63) is 47.5 Å². The number of amides is 1. The molecule has 14 heavy (non-hydrogen) atoms. The zero-order valence-corrected chi connectivity index (χ0v) is 7.20. The first kappa shape index (κ1) is 8.74. The molecule has 1 unspecified atom stereocenters. The predicted octanol–water partition coefficient (Wildman–Crippen LogP) is 1.44. The summed E-state index contributed by atoms with van der Waals surface area (Å²) < 4.78 is 12.6. The molecule has 1 heterocycles. The molecule has 1 amide bonds. The van der Waals surface area contributed by atoms with Gasteiger partial charge in [-0.05, 0) is 23.8 Å². The molecule has 1 aromatic carbocycles. The second kappa shape index (κ2) is 3.14. The highest BCUT2D eigenvalue weighted by molar-refractivity contribution is 5.94. The van der Waals surface area contributed by atoms with Gasteiger partial charge in [-0.2, -0.15) is 0 Å². The first-order chi connectivity index (χ1) is 6.66. The van der Waals surface area contributed by atoms with E-state index in [0.29, 0.717) is 0 Å².